The van der Waals surface area contributed by atoms with Crippen LogP contribution in [0.5, 0.6) is 0 Å². The van der Waals surface area contributed by atoms with Crippen molar-refractivity contribution in [2.75, 3.05) is 0 Å². The van der Waals surface area contributed by atoms with E-state index in [0.29, 0.717) is 23.7 Å². The standard InChI is InChI=1S/C33H50/c1-22(2)28-20-30(23(3)4)33(31(21-28)24(5)6)27-17-18-29(25-13-9-7-10-14-25)32(19-27)26-15-11-8-12-16-26/h18-27H,7-17H2,1-6H3/t27-/m0/s1. The molecule has 1 aromatic rings. The van der Waals surface area contributed by atoms with Gasteiger partial charge in [0.25, 0.3) is 0 Å². The molecule has 33 heavy (non-hydrogen) atoms. The van der Waals surface area contributed by atoms with Crippen LogP contribution in [0.3, 0.4) is 0 Å². The summed E-state index contributed by atoms with van der Waals surface area (Å²) in [5.41, 5.74) is 10.0. The van der Waals surface area contributed by atoms with Gasteiger partial charge in [-0.25, -0.2) is 0 Å². The molecule has 0 heterocycles. The molecule has 1 atom stereocenters. The number of hydrogen-bond acceptors (Lipinski definition) is 0. The molecule has 0 heteroatoms. The van der Waals surface area contributed by atoms with Crippen LogP contribution >= 0.6 is 0 Å². The third-order valence-electron chi connectivity index (χ3n) is 8.94. The maximum absolute atomic E-state index is 2.81. The summed E-state index contributed by atoms with van der Waals surface area (Å²) in [4.78, 5) is 0. The Balaban J connectivity index is 1.78. The first-order valence-corrected chi connectivity index (χ1v) is 14.5. The van der Waals surface area contributed by atoms with Crippen LogP contribution in [0.4, 0.5) is 0 Å². The minimum Gasteiger partial charge on any atom is -0.0798 e. The smallest absolute Gasteiger partial charge is 0.00643 e. The Morgan fingerprint density at radius 3 is 1.55 bits per heavy atom. The molecule has 0 aliphatic heterocycles. The highest BCUT2D eigenvalue weighted by molar-refractivity contribution is 5.51. The van der Waals surface area contributed by atoms with Gasteiger partial charge in [-0.15, -0.1) is 0 Å². The van der Waals surface area contributed by atoms with Crippen LogP contribution in [0.1, 0.15) is 158 Å². The molecule has 0 bridgehead atoms. The van der Waals surface area contributed by atoms with E-state index in [1.165, 1.54) is 76.2 Å². The topological polar surface area (TPSA) is 0 Å². The highest BCUT2D eigenvalue weighted by Gasteiger charge is 2.31. The zero-order valence-electron chi connectivity index (χ0n) is 22.6. The van der Waals surface area contributed by atoms with Gasteiger partial charge in [-0.1, -0.05) is 104 Å². The second kappa shape index (κ2) is 11.0. The molecule has 3 aliphatic carbocycles. The van der Waals surface area contributed by atoms with E-state index >= 15 is 0 Å². The summed E-state index contributed by atoms with van der Waals surface area (Å²) >= 11 is 0. The van der Waals surface area contributed by atoms with Gasteiger partial charge in [-0.3, -0.25) is 0 Å². The predicted molar refractivity (Wildman–Crippen MR) is 145 cm³/mol. The maximum atomic E-state index is 2.81. The zero-order valence-corrected chi connectivity index (χ0v) is 22.6. The van der Waals surface area contributed by atoms with E-state index in [2.05, 4.69) is 65.8 Å². The highest BCUT2D eigenvalue weighted by atomic mass is 14.4. The summed E-state index contributed by atoms with van der Waals surface area (Å²) < 4.78 is 0. The molecule has 0 radical (unpaired) electrons. The number of hydrogen-bond donors (Lipinski definition) is 0. The third-order valence-corrected chi connectivity index (χ3v) is 8.94. The van der Waals surface area contributed by atoms with Gasteiger partial charge < -0.3 is 0 Å². The molecule has 0 nitrogen and oxygen atoms in total. The van der Waals surface area contributed by atoms with Crippen LogP contribution in [0.15, 0.2) is 35.4 Å². The summed E-state index contributed by atoms with van der Waals surface area (Å²) in [7, 11) is 0. The molecule has 182 valence electrons. The minimum atomic E-state index is 0.560. The first-order chi connectivity index (χ1) is 15.9. The van der Waals surface area contributed by atoms with Gasteiger partial charge in [0, 0.05) is 5.92 Å². The number of allylic oxidation sites excluding steroid dienone is 4. The van der Waals surface area contributed by atoms with Gasteiger partial charge in [0.2, 0.25) is 0 Å². The highest BCUT2D eigenvalue weighted by Crippen LogP contribution is 2.47. The van der Waals surface area contributed by atoms with Crippen molar-refractivity contribution < 1.29 is 0 Å². The van der Waals surface area contributed by atoms with Gasteiger partial charge in [-0.05, 0) is 95.1 Å². The fourth-order valence-corrected chi connectivity index (χ4v) is 7.00. The lowest BCUT2D eigenvalue weighted by Gasteiger charge is -2.36. The molecular weight excluding hydrogens is 396 g/mol. The second-order valence-corrected chi connectivity index (χ2v) is 12.4. The molecule has 0 amide bonds. The molecule has 1 aromatic carbocycles. The van der Waals surface area contributed by atoms with Gasteiger partial charge in [0.1, 0.15) is 0 Å². The lowest BCUT2D eigenvalue weighted by atomic mass is 9.68. The maximum Gasteiger partial charge on any atom is 0.00643 e. The second-order valence-electron chi connectivity index (χ2n) is 12.4. The van der Waals surface area contributed by atoms with Crippen molar-refractivity contribution in [3.8, 4) is 0 Å². The summed E-state index contributed by atoms with van der Waals surface area (Å²) in [6, 6.07) is 5.12. The van der Waals surface area contributed by atoms with Crippen molar-refractivity contribution in [3.63, 3.8) is 0 Å². The molecule has 4 rings (SSSR count). The van der Waals surface area contributed by atoms with Gasteiger partial charge in [-0.2, -0.15) is 0 Å². The summed E-state index contributed by atoms with van der Waals surface area (Å²) in [5, 5.41) is 0. The fraction of sp³-hybridized carbons (Fsp3) is 0.697. The van der Waals surface area contributed by atoms with Crippen LogP contribution in [-0.4, -0.2) is 0 Å². The van der Waals surface area contributed by atoms with E-state index in [9.17, 15) is 0 Å². The van der Waals surface area contributed by atoms with E-state index < -0.39 is 0 Å². The van der Waals surface area contributed by atoms with E-state index in [4.69, 9.17) is 0 Å². The molecule has 0 spiro atoms. The van der Waals surface area contributed by atoms with Gasteiger partial charge >= 0.3 is 0 Å². The normalized spacial score (nSPS) is 23.4. The summed E-state index contributed by atoms with van der Waals surface area (Å²) in [5.74, 6) is 3.95. The van der Waals surface area contributed by atoms with Crippen LogP contribution in [0.2, 0.25) is 0 Å². The van der Waals surface area contributed by atoms with Crippen LogP contribution < -0.4 is 0 Å². The molecular formula is C33H50. The molecule has 0 unspecified atom stereocenters. The van der Waals surface area contributed by atoms with Gasteiger partial charge in [0.15, 0.2) is 0 Å². The molecule has 0 N–H and O–H groups in total. The third kappa shape index (κ3) is 5.52. The Hall–Kier alpha value is -1.30. The van der Waals surface area contributed by atoms with Crippen molar-refractivity contribution in [2.24, 2.45) is 11.8 Å². The molecule has 3 aliphatic rings. The Labute approximate surface area is 205 Å². The Morgan fingerprint density at radius 1 is 0.606 bits per heavy atom. The van der Waals surface area contributed by atoms with Crippen molar-refractivity contribution in [2.45, 2.75) is 136 Å². The van der Waals surface area contributed by atoms with Crippen LogP contribution in [0, 0.1) is 11.8 Å². The first-order valence-electron chi connectivity index (χ1n) is 14.5. The van der Waals surface area contributed by atoms with Gasteiger partial charge in [0.05, 0.1) is 0 Å². The average molecular weight is 447 g/mol. The van der Waals surface area contributed by atoms with E-state index in [-0.39, 0.29) is 0 Å². The van der Waals surface area contributed by atoms with E-state index in [1.54, 1.807) is 27.8 Å². The Bertz CT molecular complexity index is 821. The van der Waals surface area contributed by atoms with Crippen LogP contribution in [0.25, 0.3) is 0 Å². The number of benzene rings is 1. The van der Waals surface area contributed by atoms with E-state index in [0.717, 1.165) is 11.8 Å². The first kappa shape index (κ1) is 24.8. The summed E-state index contributed by atoms with van der Waals surface area (Å²) in [6.45, 7) is 14.3. The van der Waals surface area contributed by atoms with Crippen molar-refractivity contribution in [1.82, 2.24) is 0 Å². The number of rotatable bonds is 6. The van der Waals surface area contributed by atoms with E-state index in [1.807, 2.05) is 0 Å². The molecule has 2 fully saturated rings. The molecule has 0 saturated heterocycles. The average Bonchev–Trinajstić information content (AvgIpc) is 2.83. The quantitative estimate of drug-likeness (QED) is 0.407. The lowest BCUT2D eigenvalue weighted by Crippen LogP contribution is -2.21. The summed E-state index contributed by atoms with van der Waals surface area (Å²) in [6.07, 6.45) is 21.1. The fourth-order valence-electron chi connectivity index (χ4n) is 7.00. The molecule has 2 saturated carbocycles. The minimum absolute atomic E-state index is 0.560. The van der Waals surface area contributed by atoms with Crippen molar-refractivity contribution in [3.05, 3.63) is 57.7 Å². The monoisotopic (exact) mass is 446 g/mol. The SMILES string of the molecule is CC(C)c1cc(C(C)C)c([C@@H]2C=C(C3CCCCC3)C(C3CCCCC3)=CC2)c(C(C)C)c1. The van der Waals surface area contributed by atoms with Crippen LogP contribution in [-0.2, 0) is 0 Å². The largest absolute Gasteiger partial charge is 0.0798 e. The lowest BCUT2D eigenvalue weighted by molar-refractivity contribution is 0.370. The van der Waals surface area contributed by atoms with Crippen molar-refractivity contribution in [1.29, 1.82) is 0 Å². The Morgan fingerprint density at radius 2 is 1.09 bits per heavy atom. The Kier molecular flexibility index (Phi) is 8.24. The molecule has 0 aromatic heterocycles. The van der Waals surface area contributed by atoms with Crippen molar-refractivity contribution >= 4 is 0 Å². The predicted octanol–water partition coefficient (Wildman–Crippen LogP) is 10.6. The zero-order chi connectivity index (χ0) is 23.5.